The molecule has 0 bridgehead atoms. The first-order valence-corrected chi connectivity index (χ1v) is 6.78. The van der Waals surface area contributed by atoms with Crippen molar-refractivity contribution >= 4 is 5.69 Å². The Morgan fingerprint density at radius 2 is 2.25 bits per heavy atom. The maximum Gasteiger partial charge on any atom is 0.270 e. The molecule has 1 aromatic carbocycles. The summed E-state index contributed by atoms with van der Waals surface area (Å²) in [6.07, 6.45) is 3.36. The Labute approximate surface area is 118 Å². The molecule has 2 atom stereocenters. The Kier molecular flexibility index (Phi) is 4.92. The number of benzene rings is 1. The highest BCUT2D eigenvalue weighted by Gasteiger charge is 2.27. The lowest BCUT2D eigenvalue weighted by Gasteiger charge is -2.19. The topological polar surface area (TPSA) is 87.6 Å². The number of methoxy groups -OCH3 is 1. The highest BCUT2D eigenvalue weighted by atomic mass is 16.6. The average Bonchev–Trinajstić information content (AvgIpc) is 2.92. The van der Waals surface area contributed by atoms with Gasteiger partial charge in [0.05, 0.1) is 24.7 Å². The van der Waals surface area contributed by atoms with Gasteiger partial charge in [-0.25, -0.2) is 0 Å². The van der Waals surface area contributed by atoms with E-state index in [1.807, 2.05) is 0 Å². The van der Waals surface area contributed by atoms with Crippen LogP contribution in [0.15, 0.2) is 18.2 Å². The molecule has 6 nitrogen and oxygen atoms in total. The summed E-state index contributed by atoms with van der Waals surface area (Å²) in [5.74, 6) is 0.998. The van der Waals surface area contributed by atoms with E-state index in [1.54, 1.807) is 13.2 Å². The average molecular weight is 280 g/mol. The van der Waals surface area contributed by atoms with E-state index in [4.69, 9.17) is 15.2 Å². The van der Waals surface area contributed by atoms with E-state index in [2.05, 4.69) is 0 Å². The van der Waals surface area contributed by atoms with Crippen molar-refractivity contribution in [1.29, 1.82) is 0 Å². The molecule has 1 saturated carbocycles. The molecule has 2 rings (SSSR count). The van der Waals surface area contributed by atoms with Gasteiger partial charge in [0.15, 0.2) is 0 Å². The Bertz CT molecular complexity index is 478. The van der Waals surface area contributed by atoms with Crippen LogP contribution >= 0.6 is 0 Å². The third kappa shape index (κ3) is 3.26. The molecular weight excluding hydrogens is 260 g/mol. The first-order valence-electron chi connectivity index (χ1n) is 6.78. The summed E-state index contributed by atoms with van der Waals surface area (Å²) < 4.78 is 11.1. The molecule has 1 aromatic rings. The third-order valence-electron chi connectivity index (χ3n) is 3.82. The molecule has 0 amide bonds. The van der Waals surface area contributed by atoms with E-state index in [1.165, 1.54) is 12.1 Å². The lowest BCUT2D eigenvalue weighted by atomic mass is 10.1. The van der Waals surface area contributed by atoms with Crippen LogP contribution in [0.4, 0.5) is 5.69 Å². The van der Waals surface area contributed by atoms with Crippen LogP contribution in [-0.2, 0) is 11.3 Å². The van der Waals surface area contributed by atoms with Crippen molar-refractivity contribution in [2.45, 2.75) is 32.0 Å². The van der Waals surface area contributed by atoms with Crippen LogP contribution in [-0.4, -0.2) is 24.7 Å². The summed E-state index contributed by atoms with van der Waals surface area (Å²) in [5, 5.41) is 10.8. The van der Waals surface area contributed by atoms with Crippen LogP contribution in [0.5, 0.6) is 5.75 Å². The number of nitro groups is 1. The van der Waals surface area contributed by atoms with Gasteiger partial charge in [-0.1, -0.05) is 6.42 Å². The normalized spacial score (nSPS) is 21.9. The fourth-order valence-electron chi connectivity index (χ4n) is 2.68. The summed E-state index contributed by atoms with van der Waals surface area (Å²) in [6, 6.07) is 4.54. The SMILES string of the molecule is COc1ccc([N+](=O)[O-])cc1COC1CCCC1CN. The molecule has 1 fully saturated rings. The van der Waals surface area contributed by atoms with Gasteiger partial charge in [0.25, 0.3) is 5.69 Å². The van der Waals surface area contributed by atoms with Crippen LogP contribution in [0.25, 0.3) is 0 Å². The number of ether oxygens (including phenoxy) is 2. The van der Waals surface area contributed by atoms with Gasteiger partial charge in [-0.2, -0.15) is 0 Å². The van der Waals surface area contributed by atoms with Gasteiger partial charge in [-0.3, -0.25) is 10.1 Å². The highest BCUT2D eigenvalue weighted by molar-refractivity contribution is 5.43. The molecule has 0 saturated heterocycles. The zero-order chi connectivity index (χ0) is 14.5. The van der Waals surface area contributed by atoms with Gasteiger partial charge in [0, 0.05) is 17.7 Å². The van der Waals surface area contributed by atoms with Crippen molar-refractivity contribution < 1.29 is 14.4 Å². The van der Waals surface area contributed by atoms with E-state index in [-0.39, 0.29) is 11.8 Å². The molecule has 0 heterocycles. The Hall–Kier alpha value is -1.66. The van der Waals surface area contributed by atoms with Crippen molar-refractivity contribution in [3.8, 4) is 5.75 Å². The van der Waals surface area contributed by atoms with E-state index in [0.29, 0.717) is 30.4 Å². The van der Waals surface area contributed by atoms with Gasteiger partial charge >= 0.3 is 0 Å². The quantitative estimate of drug-likeness (QED) is 0.637. The van der Waals surface area contributed by atoms with Gasteiger partial charge in [0.1, 0.15) is 5.75 Å². The number of hydrogen-bond donors (Lipinski definition) is 1. The van der Waals surface area contributed by atoms with Crippen LogP contribution in [0, 0.1) is 16.0 Å². The van der Waals surface area contributed by atoms with Crippen molar-refractivity contribution in [2.75, 3.05) is 13.7 Å². The van der Waals surface area contributed by atoms with Crippen LogP contribution in [0.2, 0.25) is 0 Å². The summed E-state index contributed by atoms with van der Waals surface area (Å²) in [4.78, 5) is 10.4. The second kappa shape index (κ2) is 6.67. The molecule has 2 unspecified atom stereocenters. The fourth-order valence-corrected chi connectivity index (χ4v) is 2.68. The molecule has 6 heteroatoms. The Morgan fingerprint density at radius 3 is 2.90 bits per heavy atom. The van der Waals surface area contributed by atoms with Crippen LogP contribution < -0.4 is 10.5 Å². The van der Waals surface area contributed by atoms with Gasteiger partial charge < -0.3 is 15.2 Å². The smallest absolute Gasteiger partial charge is 0.270 e. The standard InChI is InChI=1S/C14H20N2O4/c1-19-13-6-5-12(16(17)18)7-11(13)9-20-14-4-2-3-10(14)8-15/h5-7,10,14H,2-4,8-9,15H2,1H3. The molecule has 20 heavy (non-hydrogen) atoms. The number of non-ortho nitro benzene ring substituents is 1. The summed E-state index contributed by atoms with van der Waals surface area (Å²) in [7, 11) is 1.54. The molecule has 2 N–H and O–H groups in total. The number of rotatable bonds is 6. The molecule has 110 valence electrons. The van der Waals surface area contributed by atoms with Crippen molar-refractivity contribution in [2.24, 2.45) is 11.7 Å². The molecule has 0 radical (unpaired) electrons. The lowest BCUT2D eigenvalue weighted by Crippen LogP contribution is -2.25. The highest BCUT2D eigenvalue weighted by Crippen LogP contribution is 2.30. The minimum absolute atomic E-state index is 0.0474. The van der Waals surface area contributed by atoms with Crippen LogP contribution in [0.1, 0.15) is 24.8 Å². The minimum atomic E-state index is -0.415. The molecule has 0 aromatic heterocycles. The summed E-state index contributed by atoms with van der Waals surface area (Å²) in [6.45, 7) is 0.933. The van der Waals surface area contributed by atoms with E-state index in [0.717, 1.165) is 19.3 Å². The van der Waals surface area contributed by atoms with Crippen molar-refractivity contribution in [3.63, 3.8) is 0 Å². The summed E-state index contributed by atoms with van der Waals surface area (Å²) in [5.41, 5.74) is 6.46. The molecule has 1 aliphatic rings. The first kappa shape index (κ1) is 14.7. The maximum absolute atomic E-state index is 10.8. The zero-order valence-corrected chi connectivity index (χ0v) is 11.6. The molecule has 1 aliphatic carbocycles. The Balaban J connectivity index is 2.07. The third-order valence-corrected chi connectivity index (χ3v) is 3.82. The van der Waals surface area contributed by atoms with E-state index < -0.39 is 4.92 Å². The monoisotopic (exact) mass is 280 g/mol. The second-order valence-electron chi connectivity index (χ2n) is 5.03. The molecule has 0 aliphatic heterocycles. The fraction of sp³-hybridized carbons (Fsp3) is 0.571. The van der Waals surface area contributed by atoms with Crippen molar-refractivity contribution in [1.82, 2.24) is 0 Å². The maximum atomic E-state index is 10.8. The zero-order valence-electron chi connectivity index (χ0n) is 11.6. The van der Waals surface area contributed by atoms with E-state index >= 15 is 0 Å². The van der Waals surface area contributed by atoms with Gasteiger partial charge in [-0.05, 0) is 31.4 Å². The lowest BCUT2D eigenvalue weighted by molar-refractivity contribution is -0.385. The van der Waals surface area contributed by atoms with Gasteiger partial charge in [0.2, 0.25) is 0 Å². The number of nitro benzene ring substituents is 1. The number of nitrogens with zero attached hydrogens (tertiary/aromatic N) is 1. The molecular formula is C14H20N2O4. The van der Waals surface area contributed by atoms with Gasteiger partial charge in [-0.15, -0.1) is 0 Å². The van der Waals surface area contributed by atoms with Crippen molar-refractivity contribution in [3.05, 3.63) is 33.9 Å². The predicted molar refractivity (Wildman–Crippen MR) is 74.6 cm³/mol. The second-order valence-corrected chi connectivity index (χ2v) is 5.03. The molecule has 0 spiro atoms. The minimum Gasteiger partial charge on any atom is -0.496 e. The number of nitrogens with two attached hydrogens (primary N) is 1. The van der Waals surface area contributed by atoms with E-state index in [9.17, 15) is 10.1 Å². The largest absolute Gasteiger partial charge is 0.496 e. The number of hydrogen-bond acceptors (Lipinski definition) is 5. The summed E-state index contributed by atoms with van der Waals surface area (Å²) >= 11 is 0. The first-order chi connectivity index (χ1) is 9.65. The Morgan fingerprint density at radius 1 is 1.45 bits per heavy atom. The predicted octanol–water partition coefficient (Wildman–Crippen LogP) is 2.25. The van der Waals surface area contributed by atoms with Crippen LogP contribution in [0.3, 0.4) is 0 Å².